The number of pyridine rings is 1. The summed E-state index contributed by atoms with van der Waals surface area (Å²) in [6.45, 7) is 12.0. The summed E-state index contributed by atoms with van der Waals surface area (Å²) in [7, 11) is 1.79. The largest absolute Gasteiger partial charge is 0.466 e. The van der Waals surface area contributed by atoms with Gasteiger partial charge in [0, 0.05) is 59.1 Å². The molecule has 1 aromatic heterocycles. The molecule has 3 heterocycles. The Labute approximate surface area is 203 Å². The highest BCUT2D eigenvalue weighted by Crippen LogP contribution is 2.19. The molecule has 8 nitrogen and oxygen atoms in total. The Kier molecular flexibility index (Phi) is 10.8. The molecule has 1 atom stereocenters. The fourth-order valence-corrected chi connectivity index (χ4v) is 4.17. The molecular weight excluding hydrogens is 507 g/mol. The number of esters is 1. The lowest BCUT2D eigenvalue weighted by Crippen LogP contribution is -2.48. The number of guanidine groups is 1. The van der Waals surface area contributed by atoms with Crippen molar-refractivity contribution in [2.24, 2.45) is 10.9 Å². The number of hydrogen-bond donors (Lipinski definition) is 1. The number of likely N-dealkylation sites (tertiary alicyclic amines) is 1. The minimum atomic E-state index is -0.0976. The van der Waals surface area contributed by atoms with Gasteiger partial charge in [-0.1, -0.05) is 6.92 Å². The van der Waals surface area contributed by atoms with Crippen LogP contribution in [0.1, 0.15) is 32.3 Å². The van der Waals surface area contributed by atoms with Gasteiger partial charge in [0.05, 0.1) is 12.5 Å². The van der Waals surface area contributed by atoms with Crippen molar-refractivity contribution in [1.82, 2.24) is 20.1 Å². The van der Waals surface area contributed by atoms with Crippen molar-refractivity contribution in [1.29, 1.82) is 0 Å². The van der Waals surface area contributed by atoms with Crippen molar-refractivity contribution in [3.05, 3.63) is 23.9 Å². The van der Waals surface area contributed by atoms with Crippen LogP contribution in [0.3, 0.4) is 0 Å². The Morgan fingerprint density at radius 3 is 2.71 bits per heavy atom. The second-order valence-corrected chi connectivity index (χ2v) is 7.88. The highest BCUT2D eigenvalue weighted by Gasteiger charge is 2.28. The van der Waals surface area contributed by atoms with E-state index < -0.39 is 0 Å². The number of piperazine rings is 1. The SMILES string of the molecule is CCOC(=O)[C@H]1CCCN(C(=NC)NCc2ccnc(N3CCN(CC)CC3)c2)C1.I. The van der Waals surface area contributed by atoms with Gasteiger partial charge < -0.3 is 24.8 Å². The Bertz CT molecular complexity index is 724. The predicted molar refractivity (Wildman–Crippen MR) is 135 cm³/mol. The second-order valence-electron chi connectivity index (χ2n) is 7.88. The molecule has 2 fully saturated rings. The lowest BCUT2D eigenvalue weighted by molar-refractivity contribution is -0.149. The summed E-state index contributed by atoms with van der Waals surface area (Å²) in [6, 6.07) is 4.21. The molecule has 1 aromatic rings. The average molecular weight is 544 g/mol. The molecule has 3 rings (SSSR count). The zero-order chi connectivity index (χ0) is 21.3. The molecule has 0 amide bonds. The Morgan fingerprint density at radius 2 is 2.03 bits per heavy atom. The molecule has 2 saturated heterocycles. The number of anilines is 1. The number of rotatable bonds is 6. The van der Waals surface area contributed by atoms with Crippen LogP contribution in [-0.2, 0) is 16.1 Å². The standard InChI is InChI=1S/C22H36N6O2.HI/c1-4-26-11-13-27(14-12-26)20-15-18(8-9-24-20)16-25-22(23-3)28-10-6-7-19(17-28)21(29)30-5-2;/h8-9,15,19H,4-7,10-14,16-17H2,1-3H3,(H,23,25);1H/t19-;/m0./s1. The summed E-state index contributed by atoms with van der Waals surface area (Å²) in [4.78, 5) is 28.2. The summed E-state index contributed by atoms with van der Waals surface area (Å²) in [5.74, 6) is 1.70. The zero-order valence-electron chi connectivity index (χ0n) is 19.0. The number of carbonyl (C=O) groups is 1. The number of carbonyl (C=O) groups excluding carboxylic acids is 1. The van der Waals surface area contributed by atoms with Gasteiger partial charge in [0.2, 0.25) is 0 Å². The topological polar surface area (TPSA) is 73.3 Å². The van der Waals surface area contributed by atoms with Gasteiger partial charge in [0.15, 0.2) is 5.96 Å². The molecule has 9 heteroatoms. The van der Waals surface area contributed by atoms with Crippen LogP contribution in [0.2, 0.25) is 0 Å². The van der Waals surface area contributed by atoms with E-state index in [0.29, 0.717) is 19.7 Å². The number of piperidine rings is 1. The Morgan fingerprint density at radius 1 is 1.26 bits per heavy atom. The summed E-state index contributed by atoms with van der Waals surface area (Å²) in [6.07, 6.45) is 3.73. The molecule has 0 bridgehead atoms. The Hall–Kier alpha value is -1.62. The highest BCUT2D eigenvalue weighted by molar-refractivity contribution is 14.0. The van der Waals surface area contributed by atoms with E-state index in [2.05, 4.69) is 43.0 Å². The monoisotopic (exact) mass is 544 g/mol. The van der Waals surface area contributed by atoms with Crippen molar-refractivity contribution in [3.63, 3.8) is 0 Å². The van der Waals surface area contributed by atoms with Crippen LogP contribution < -0.4 is 10.2 Å². The van der Waals surface area contributed by atoms with Crippen LogP contribution in [0, 0.1) is 5.92 Å². The normalized spacial score (nSPS) is 20.2. The maximum Gasteiger partial charge on any atom is 0.310 e. The molecule has 2 aliphatic heterocycles. The van der Waals surface area contributed by atoms with E-state index in [1.165, 1.54) is 5.56 Å². The van der Waals surface area contributed by atoms with Crippen LogP contribution >= 0.6 is 24.0 Å². The molecule has 1 N–H and O–H groups in total. The average Bonchev–Trinajstić information content (AvgIpc) is 2.80. The first-order valence-electron chi connectivity index (χ1n) is 11.2. The van der Waals surface area contributed by atoms with E-state index in [1.807, 2.05) is 19.2 Å². The number of halogens is 1. The number of aromatic nitrogens is 1. The van der Waals surface area contributed by atoms with Gasteiger partial charge in [-0.3, -0.25) is 9.79 Å². The first kappa shape index (κ1) is 25.6. The summed E-state index contributed by atoms with van der Waals surface area (Å²) in [5, 5.41) is 3.46. The van der Waals surface area contributed by atoms with Gasteiger partial charge in [-0.15, -0.1) is 24.0 Å². The van der Waals surface area contributed by atoms with Crippen molar-refractivity contribution in [2.75, 3.05) is 64.4 Å². The number of aliphatic imine (C=N–C) groups is 1. The first-order valence-corrected chi connectivity index (χ1v) is 11.2. The third-order valence-electron chi connectivity index (χ3n) is 5.96. The van der Waals surface area contributed by atoms with Crippen LogP contribution in [0.5, 0.6) is 0 Å². The van der Waals surface area contributed by atoms with Gasteiger partial charge in [-0.05, 0) is 44.0 Å². The number of likely N-dealkylation sites (N-methyl/N-ethyl adjacent to an activating group) is 1. The van der Waals surface area contributed by atoms with E-state index in [-0.39, 0.29) is 35.9 Å². The summed E-state index contributed by atoms with van der Waals surface area (Å²) < 4.78 is 5.22. The fourth-order valence-electron chi connectivity index (χ4n) is 4.17. The molecule has 0 radical (unpaired) electrons. The molecule has 0 aromatic carbocycles. The number of nitrogens with zero attached hydrogens (tertiary/aromatic N) is 5. The Balaban J connectivity index is 0.00000341. The third-order valence-corrected chi connectivity index (χ3v) is 5.96. The van der Waals surface area contributed by atoms with Crippen molar-refractivity contribution in [3.8, 4) is 0 Å². The molecule has 2 aliphatic rings. The van der Waals surface area contributed by atoms with Gasteiger partial charge in [-0.25, -0.2) is 4.98 Å². The number of ether oxygens (including phenoxy) is 1. The molecule has 0 saturated carbocycles. The van der Waals surface area contributed by atoms with Gasteiger partial charge >= 0.3 is 5.97 Å². The van der Waals surface area contributed by atoms with E-state index in [9.17, 15) is 4.79 Å². The number of hydrogen-bond acceptors (Lipinski definition) is 6. The quantitative estimate of drug-likeness (QED) is 0.255. The van der Waals surface area contributed by atoms with Crippen LogP contribution in [-0.4, -0.2) is 86.2 Å². The lowest BCUT2D eigenvalue weighted by Gasteiger charge is -2.35. The summed E-state index contributed by atoms with van der Waals surface area (Å²) >= 11 is 0. The summed E-state index contributed by atoms with van der Waals surface area (Å²) in [5.41, 5.74) is 1.18. The zero-order valence-corrected chi connectivity index (χ0v) is 21.4. The molecule has 0 spiro atoms. The fraction of sp³-hybridized carbons (Fsp3) is 0.682. The molecule has 0 unspecified atom stereocenters. The van der Waals surface area contributed by atoms with E-state index in [1.54, 1.807) is 7.05 Å². The van der Waals surface area contributed by atoms with Gasteiger partial charge in [-0.2, -0.15) is 0 Å². The molecular formula is C22H37IN6O2. The minimum Gasteiger partial charge on any atom is -0.466 e. The van der Waals surface area contributed by atoms with E-state index in [0.717, 1.165) is 63.9 Å². The van der Waals surface area contributed by atoms with E-state index >= 15 is 0 Å². The maximum absolute atomic E-state index is 12.1. The van der Waals surface area contributed by atoms with Crippen LogP contribution in [0.4, 0.5) is 5.82 Å². The highest BCUT2D eigenvalue weighted by atomic mass is 127. The van der Waals surface area contributed by atoms with Gasteiger partial charge in [0.1, 0.15) is 5.82 Å². The minimum absolute atomic E-state index is 0. The molecule has 174 valence electrons. The second kappa shape index (κ2) is 13.0. The lowest BCUT2D eigenvalue weighted by atomic mass is 9.98. The molecule has 0 aliphatic carbocycles. The molecule has 31 heavy (non-hydrogen) atoms. The van der Waals surface area contributed by atoms with Crippen LogP contribution in [0.15, 0.2) is 23.3 Å². The van der Waals surface area contributed by atoms with E-state index in [4.69, 9.17) is 4.74 Å². The predicted octanol–water partition coefficient (Wildman–Crippen LogP) is 2.19. The van der Waals surface area contributed by atoms with Crippen molar-refractivity contribution < 1.29 is 9.53 Å². The van der Waals surface area contributed by atoms with Gasteiger partial charge in [0.25, 0.3) is 0 Å². The first-order chi connectivity index (χ1) is 14.6. The number of nitrogens with one attached hydrogen (secondary N) is 1. The van der Waals surface area contributed by atoms with Crippen molar-refractivity contribution in [2.45, 2.75) is 33.2 Å². The maximum atomic E-state index is 12.1. The van der Waals surface area contributed by atoms with Crippen LogP contribution in [0.25, 0.3) is 0 Å². The third kappa shape index (κ3) is 7.20. The smallest absolute Gasteiger partial charge is 0.310 e. The van der Waals surface area contributed by atoms with Crippen molar-refractivity contribution >= 4 is 41.7 Å².